The van der Waals surface area contributed by atoms with E-state index in [1.807, 2.05) is 11.0 Å². The van der Waals surface area contributed by atoms with Gasteiger partial charge in [-0.3, -0.25) is 9.59 Å². The molecule has 1 saturated carbocycles. The third kappa shape index (κ3) is 4.16. The molecule has 3 heterocycles. The van der Waals surface area contributed by atoms with Crippen LogP contribution in [0.3, 0.4) is 0 Å². The Morgan fingerprint density at radius 1 is 1.11 bits per heavy atom. The molecule has 2 saturated heterocycles. The number of piperazine rings is 1. The number of halogens is 3. The van der Waals surface area contributed by atoms with Crippen LogP contribution in [0, 0.1) is 17.2 Å². The molecule has 1 aromatic heterocycles. The van der Waals surface area contributed by atoms with Gasteiger partial charge in [-0.1, -0.05) is 19.1 Å². The average molecular weight is 498 g/mol. The van der Waals surface area contributed by atoms with Crippen LogP contribution in [0.5, 0.6) is 0 Å². The zero-order valence-corrected chi connectivity index (χ0v) is 19.8. The van der Waals surface area contributed by atoms with Crippen LogP contribution in [0.15, 0.2) is 42.6 Å². The number of nitriles is 1. The molecule has 10 heteroatoms. The predicted octanol–water partition coefficient (Wildman–Crippen LogP) is 3.59. The molecule has 3 fully saturated rings. The predicted molar refractivity (Wildman–Crippen MR) is 124 cm³/mol. The Labute approximate surface area is 207 Å². The van der Waals surface area contributed by atoms with Crippen LogP contribution in [-0.2, 0) is 22.3 Å². The molecule has 1 spiro atoms. The van der Waals surface area contributed by atoms with Crippen molar-refractivity contribution < 1.29 is 22.8 Å². The van der Waals surface area contributed by atoms with Crippen molar-refractivity contribution in [3.8, 4) is 6.07 Å². The van der Waals surface area contributed by atoms with Gasteiger partial charge in [-0.2, -0.15) is 18.4 Å². The number of nitrogens with zero attached hydrogens (tertiary/aromatic N) is 5. The van der Waals surface area contributed by atoms with E-state index in [0.717, 1.165) is 31.4 Å². The van der Waals surface area contributed by atoms with E-state index in [0.29, 0.717) is 22.9 Å². The smallest absolute Gasteiger partial charge is 0.351 e. The molecule has 36 heavy (non-hydrogen) atoms. The van der Waals surface area contributed by atoms with Gasteiger partial charge in [0.05, 0.1) is 24.2 Å². The topological polar surface area (TPSA) is 80.5 Å². The first-order valence-corrected chi connectivity index (χ1v) is 12.0. The van der Waals surface area contributed by atoms with Crippen molar-refractivity contribution in [3.05, 3.63) is 59.3 Å². The maximum absolute atomic E-state index is 13.9. The summed E-state index contributed by atoms with van der Waals surface area (Å²) in [5.74, 6) is 0.764. The Balaban J connectivity index is 1.42. The summed E-state index contributed by atoms with van der Waals surface area (Å²) in [5, 5.41) is 9.03. The van der Waals surface area contributed by atoms with Crippen molar-refractivity contribution in [2.24, 2.45) is 5.92 Å². The summed E-state index contributed by atoms with van der Waals surface area (Å²) in [5.41, 5.74) is -0.922. The van der Waals surface area contributed by atoms with Crippen LogP contribution in [0.4, 0.5) is 19.0 Å². The fraction of sp³-hybridized carbons (Fsp3) is 0.462. The molecule has 7 nitrogen and oxygen atoms in total. The van der Waals surface area contributed by atoms with Gasteiger partial charge in [0.15, 0.2) is 5.54 Å². The first-order valence-electron chi connectivity index (χ1n) is 12.0. The van der Waals surface area contributed by atoms with E-state index in [1.54, 1.807) is 17.0 Å². The van der Waals surface area contributed by atoms with Gasteiger partial charge >= 0.3 is 6.18 Å². The van der Waals surface area contributed by atoms with Crippen LogP contribution in [0.2, 0.25) is 0 Å². The number of amides is 2. The fourth-order valence-electron chi connectivity index (χ4n) is 5.59. The molecular formula is C26H26F3N5O2. The van der Waals surface area contributed by atoms with E-state index in [2.05, 4.69) is 11.9 Å². The van der Waals surface area contributed by atoms with Gasteiger partial charge in [-0.05, 0) is 55.0 Å². The summed E-state index contributed by atoms with van der Waals surface area (Å²) in [6.45, 7) is 2.64. The lowest BCUT2D eigenvalue weighted by molar-refractivity contribution is -0.170. The molecule has 2 aromatic rings. The van der Waals surface area contributed by atoms with Gasteiger partial charge in [-0.15, -0.1) is 0 Å². The molecule has 1 aromatic carbocycles. The minimum atomic E-state index is -4.45. The molecule has 0 N–H and O–H groups in total. The van der Waals surface area contributed by atoms with Crippen molar-refractivity contribution in [3.63, 3.8) is 0 Å². The summed E-state index contributed by atoms with van der Waals surface area (Å²) in [6.07, 6.45) is -0.268. The third-order valence-corrected chi connectivity index (χ3v) is 7.62. The number of hydrogen-bond acceptors (Lipinski definition) is 5. The first-order chi connectivity index (χ1) is 17.1. The normalized spacial score (nSPS) is 23.7. The van der Waals surface area contributed by atoms with E-state index < -0.39 is 17.3 Å². The second-order valence-electron chi connectivity index (χ2n) is 10.1. The number of pyridine rings is 1. The van der Waals surface area contributed by atoms with E-state index in [1.165, 1.54) is 23.2 Å². The van der Waals surface area contributed by atoms with Crippen molar-refractivity contribution in [1.82, 2.24) is 14.8 Å². The summed E-state index contributed by atoms with van der Waals surface area (Å²) in [6, 6.07) is 10.1. The number of carbonyl (C=O) groups excluding carboxylic acids is 2. The van der Waals surface area contributed by atoms with Crippen LogP contribution in [0.25, 0.3) is 0 Å². The molecule has 2 amide bonds. The molecule has 1 aliphatic carbocycles. The van der Waals surface area contributed by atoms with E-state index in [-0.39, 0.29) is 44.0 Å². The Kier molecular flexibility index (Phi) is 5.89. The maximum atomic E-state index is 13.9. The highest BCUT2D eigenvalue weighted by Gasteiger charge is 2.60. The van der Waals surface area contributed by atoms with Crippen LogP contribution < -0.4 is 4.90 Å². The zero-order chi connectivity index (χ0) is 25.7. The standard InChI is InChI=1S/C26H26F3N5O2/c1-17-2-8-21(10-17)33-14-23(35)34(13-18-3-6-20(7-4-18)26(27,28)29)25(24(33)36)15-32(16-25)22-9-5-19(11-30)12-31-22/h3-7,9,12,17,21H,2,8,10,13-16H2,1H3. The lowest BCUT2D eigenvalue weighted by atomic mass is 9.82. The molecule has 188 valence electrons. The Morgan fingerprint density at radius 3 is 2.39 bits per heavy atom. The minimum Gasteiger partial charge on any atom is -0.351 e. The molecule has 0 bridgehead atoms. The molecule has 2 aliphatic heterocycles. The second kappa shape index (κ2) is 8.80. The summed E-state index contributed by atoms with van der Waals surface area (Å²) in [4.78, 5) is 36.8. The molecule has 3 aliphatic rings. The Bertz CT molecular complexity index is 1200. The lowest BCUT2D eigenvalue weighted by Crippen LogP contribution is -2.81. The highest BCUT2D eigenvalue weighted by atomic mass is 19.4. The highest BCUT2D eigenvalue weighted by molar-refractivity contribution is 6.00. The number of rotatable bonds is 4. The Hall–Kier alpha value is -3.61. The van der Waals surface area contributed by atoms with E-state index >= 15 is 0 Å². The fourth-order valence-corrected chi connectivity index (χ4v) is 5.59. The van der Waals surface area contributed by atoms with Crippen molar-refractivity contribution in [2.45, 2.75) is 50.5 Å². The van der Waals surface area contributed by atoms with E-state index in [4.69, 9.17) is 5.26 Å². The summed E-state index contributed by atoms with van der Waals surface area (Å²) in [7, 11) is 0. The van der Waals surface area contributed by atoms with Gasteiger partial charge in [0, 0.05) is 18.8 Å². The number of aromatic nitrogens is 1. The molecule has 5 rings (SSSR count). The SMILES string of the molecule is CC1CCC(N2CC(=O)N(Cc3ccc(C(F)(F)F)cc3)C3(CN(c4ccc(C#N)cn4)C3)C2=O)C1. The number of anilines is 1. The van der Waals surface area contributed by atoms with Gasteiger partial charge < -0.3 is 14.7 Å². The summed E-state index contributed by atoms with van der Waals surface area (Å²) < 4.78 is 39.0. The van der Waals surface area contributed by atoms with Gasteiger partial charge in [0.1, 0.15) is 18.4 Å². The highest BCUT2D eigenvalue weighted by Crippen LogP contribution is 2.40. The maximum Gasteiger partial charge on any atom is 0.416 e. The molecule has 2 atom stereocenters. The first kappa shape index (κ1) is 24.1. The molecule has 0 radical (unpaired) electrons. The largest absolute Gasteiger partial charge is 0.416 e. The number of hydrogen-bond donors (Lipinski definition) is 0. The van der Waals surface area contributed by atoms with Gasteiger partial charge in [0.2, 0.25) is 5.91 Å². The van der Waals surface area contributed by atoms with Gasteiger partial charge in [0.25, 0.3) is 5.91 Å². The minimum absolute atomic E-state index is 0.0173. The quantitative estimate of drug-likeness (QED) is 0.645. The number of alkyl halides is 3. The summed E-state index contributed by atoms with van der Waals surface area (Å²) >= 11 is 0. The van der Waals surface area contributed by atoms with Crippen molar-refractivity contribution in [1.29, 1.82) is 5.26 Å². The Morgan fingerprint density at radius 2 is 1.83 bits per heavy atom. The van der Waals surface area contributed by atoms with Crippen LogP contribution >= 0.6 is 0 Å². The monoisotopic (exact) mass is 497 g/mol. The second-order valence-corrected chi connectivity index (χ2v) is 10.1. The lowest BCUT2D eigenvalue weighted by Gasteiger charge is -2.59. The van der Waals surface area contributed by atoms with Crippen molar-refractivity contribution >= 4 is 17.6 Å². The number of benzene rings is 1. The molecule has 2 unspecified atom stereocenters. The van der Waals surface area contributed by atoms with E-state index in [9.17, 15) is 22.8 Å². The number of carbonyl (C=O) groups is 2. The average Bonchev–Trinajstić information content (AvgIpc) is 3.26. The van der Waals surface area contributed by atoms with Crippen LogP contribution in [0.1, 0.15) is 42.9 Å². The van der Waals surface area contributed by atoms with Crippen LogP contribution in [-0.4, -0.2) is 57.8 Å². The third-order valence-electron chi connectivity index (χ3n) is 7.62. The molecular weight excluding hydrogens is 471 g/mol. The zero-order valence-electron chi connectivity index (χ0n) is 19.8. The van der Waals surface area contributed by atoms with Crippen molar-refractivity contribution in [2.75, 3.05) is 24.5 Å². The van der Waals surface area contributed by atoms with Gasteiger partial charge in [-0.25, -0.2) is 4.98 Å².